The average molecular weight is 286 g/mol. The van der Waals surface area contributed by atoms with Crippen LogP contribution in [0.15, 0.2) is 23.1 Å². The van der Waals surface area contributed by atoms with Gasteiger partial charge in [0, 0.05) is 22.9 Å². The van der Waals surface area contributed by atoms with Crippen molar-refractivity contribution < 1.29 is 0 Å². The highest BCUT2D eigenvalue weighted by atomic mass is 32.1. The number of nitrogens with zero attached hydrogens (tertiary/aromatic N) is 2. The molecule has 0 spiro atoms. The number of pyridine rings is 1. The highest BCUT2D eigenvalue weighted by Crippen LogP contribution is 2.23. The number of aromatic nitrogens is 3. The van der Waals surface area contributed by atoms with Crippen LogP contribution in [-0.2, 0) is 5.41 Å². The standard InChI is InChI=1S/C14H14N4OS/c1-14(2,3)10-5-4-8(7-16-10)11-9(6-15)12(19)18-13(20)17-11/h4-5,7H,1-3H3,(H2,17,18,19,20). The van der Waals surface area contributed by atoms with Gasteiger partial charge in [-0.25, -0.2) is 0 Å². The topological polar surface area (TPSA) is 85.3 Å². The SMILES string of the molecule is CC(C)(C)c1ccc(-c2[nH]c(=S)[nH]c(=O)c2C#N)cn1. The summed E-state index contributed by atoms with van der Waals surface area (Å²) in [7, 11) is 0. The van der Waals surface area contributed by atoms with Crippen LogP contribution in [0.3, 0.4) is 0 Å². The van der Waals surface area contributed by atoms with Crippen LogP contribution in [0.5, 0.6) is 0 Å². The van der Waals surface area contributed by atoms with Gasteiger partial charge in [-0.3, -0.25) is 14.8 Å². The van der Waals surface area contributed by atoms with E-state index < -0.39 is 5.56 Å². The van der Waals surface area contributed by atoms with E-state index in [2.05, 4.69) is 35.7 Å². The van der Waals surface area contributed by atoms with E-state index in [0.29, 0.717) is 11.3 Å². The minimum absolute atomic E-state index is 0.00362. The molecule has 102 valence electrons. The lowest BCUT2D eigenvalue weighted by Gasteiger charge is -2.17. The highest BCUT2D eigenvalue weighted by molar-refractivity contribution is 7.71. The molecule has 0 bridgehead atoms. The molecule has 2 N–H and O–H groups in total. The van der Waals surface area contributed by atoms with Gasteiger partial charge in [-0.05, 0) is 24.4 Å². The molecule has 0 unspecified atom stereocenters. The van der Waals surface area contributed by atoms with Gasteiger partial charge in [0.25, 0.3) is 5.56 Å². The molecule has 0 atom stereocenters. The van der Waals surface area contributed by atoms with E-state index in [9.17, 15) is 4.79 Å². The first-order valence-electron chi connectivity index (χ1n) is 6.06. The molecule has 0 aliphatic heterocycles. The van der Waals surface area contributed by atoms with Crippen molar-refractivity contribution in [2.75, 3.05) is 0 Å². The van der Waals surface area contributed by atoms with Crippen LogP contribution < -0.4 is 5.56 Å². The second kappa shape index (κ2) is 5.02. The summed E-state index contributed by atoms with van der Waals surface area (Å²) in [5.41, 5.74) is 1.44. The molecule has 0 amide bonds. The first-order chi connectivity index (χ1) is 9.32. The van der Waals surface area contributed by atoms with Gasteiger partial charge in [-0.15, -0.1) is 0 Å². The monoisotopic (exact) mass is 286 g/mol. The molecule has 5 nitrogen and oxygen atoms in total. The first-order valence-corrected chi connectivity index (χ1v) is 6.47. The van der Waals surface area contributed by atoms with Gasteiger partial charge >= 0.3 is 0 Å². The van der Waals surface area contributed by atoms with Gasteiger partial charge in [0.2, 0.25) is 0 Å². The number of hydrogen-bond acceptors (Lipinski definition) is 4. The zero-order chi connectivity index (χ0) is 14.9. The lowest BCUT2D eigenvalue weighted by Crippen LogP contribution is -2.15. The van der Waals surface area contributed by atoms with Gasteiger partial charge < -0.3 is 4.98 Å². The fourth-order valence-corrected chi connectivity index (χ4v) is 1.99. The van der Waals surface area contributed by atoms with E-state index >= 15 is 0 Å². The third-order valence-corrected chi connectivity index (χ3v) is 3.08. The molecule has 0 aliphatic rings. The van der Waals surface area contributed by atoms with Crippen LogP contribution in [0.25, 0.3) is 11.3 Å². The zero-order valence-electron chi connectivity index (χ0n) is 11.4. The Labute approximate surface area is 121 Å². The van der Waals surface area contributed by atoms with Gasteiger partial charge in [0.15, 0.2) is 4.77 Å². The predicted octanol–water partition coefficient (Wildman–Crippen LogP) is 2.66. The van der Waals surface area contributed by atoms with Crippen LogP contribution in [0, 0.1) is 16.1 Å². The van der Waals surface area contributed by atoms with E-state index in [0.717, 1.165) is 5.69 Å². The van der Waals surface area contributed by atoms with Gasteiger partial charge in [0.1, 0.15) is 11.6 Å². The van der Waals surface area contributed by atoms with Gasteiger partial charge in [-0.2, -0.15) is 5.26 Å². The van der Waals surface area contributed by atoms with Gasteiger partial charge in [0.05, 0.1) is 5.69 Å². The maximum atomic E-state index is 11.7. The summed E-state index contributed by atoms with van der Waals surface area (Å²) in [6, 6.07) is 5.60. The molecule has 0 aliphatic carbocycles. The molecule has 0 saturated heterocycles. The smallest absolute Gasteiger partial charge is 0.270 e. The summed E-state index contributed by atoms with van der Waals surface area (Å²) in [5.74, 6) is 0. The van der Waals surface area contributed by atoms with Crippen LogP contribution >= 0.6 is 12.2 Å². The van der Waals surface area contributed by atoms with Crippen molar-refractivity contribution in [2.45, 2.75) is 26.2 Å². The minimum Gasteiger partial charge on any atom is -0.331 e. The molecule has 0 fully saturated rings. The fourth-order valence-electron chi connectivity index (χ4n) is 1.80. The molecule has 2 aromatic heterocycles. The molecule has 0 aromatic carbocycles. The largest absolute Gasteiger partial charge is 0.331 e. The Morgan fingerprint density at radius 3 is 2.50 bits per heavy atom. The van der Waals surface area contributed by atoms with Crippen molar-refractivity contribution in [3.63, 3.8) is 0 Å². The summed E-state index contributed by atoms with van der Waals surface area (Å²) in [6.45, 7) is 6.20. The number of H-pyrrole nitrogens is 2. The molecule has 20 heavy (non-hydrogen) atoms. The average Bonchev–Trinajstić information content (AvgIpc) is 2.37. The van der Waals surface area contributed by atoms with Crippen LogP contribution in [-0.4, -0.2) is 15.0 Å². The summed E-state index contributed by atoms with van der Waals surface area (Å²) >= 11 is 4.94. The normalized spacial score (nSPS) is 11.1. The van der Waals surface area contributed by atoms with Gasteiger partial charge in [-0.1, -0.05) is 20.8 Å². The number of nitrogens with one attached hydrogen (secondary N) is 2. The molecule has 6 heteroatoms. The maximum absolute atomic E-state index is 11.7. The van der Waals surface area contributed by atoms with Crippen molar-refractivity contribution >= 4 is 12.2 Å². The molecular formula is C14H14N4OS. The number of hydrogen-bond donors (Lipinski definition) is 2. The van der Waals surface area contributed by atoms with Crippen LogP contribution in [0.4, 0.5) is 0 Å². The summed E-state index contributed by atoms with van der Waals surface area (Å²) in [6.07, 6.45) is 1.64. The second-order valence-electron chi connectivity index (χ2n) is 5.45. The Kier molecular flexibility index (Phi) is 3.55. The highest BCUT2D eigenvalue weighted by Gasteiger charge is 2.16. The Balaban J connectivity index is 2.62. The quantitative estimate of drug-likeness (QED) is 0.789. The third-order valence-electron chi connectivity index (χ3n) is 2.88. The van der Waals surface area contributed by atoms with E-state index in [4.69, 9.17) is 17.5 Å². The fraction of sp³-hybridized carbons (Fsp3) is 0.286. The Hall–Kier alpha value is -2.26. The number of aromatic amines is 2. The van der Waals surface area contributed by atoms with Crippen molar-refractivity contribution in [3.05, 3.63) is 44.7 Å². The van der Waals surface area contributed by atoms with E-state index in [1.54, 1.807) is 6.20 Å². The Morgan fingerprint density at radius 2 is 2.00 bits per heavy atom. The minimum atomic E-state index is -0.494. The third kappa shape index (κ3) is 2.68. The second-order valence-corrected chi connectivity index (χ2v) is 5.86. The van der Waals surface area contributed by atoms with E-state index in [1.807, 2.05) is 18.2 Å². The lowest BCUT2D eigenvalue weighted by molar-refractivity contribution is 0.569. The van der Waals surface area contributed by atoms with Crippen molar-refractivity contribution in [2.24, 2.45) is 0 Å². The predicted molar refractivity (Wildman–Crippen MR) is 78.9 cm³/mol. The van der Waals surface area contributed by atoms with Crippen molar-refractivity contribution in [1.82, 2.24) is 15.0 Å². The maximum Gasteiger partial charge on any atom is 0.270 e. The molecular weight excluding hydrogens is 272 g/mol. The van der Waals surface area contributed by atoms with Crippen molar-refractivity contribution in [3.8, 4) is 17.3 Å². The van der Waals surface area contributed by atoms with E-state index in [-0.39, 0.29) is 15.7 Å². The molecule has 2 rings (SSSR count). The Morgan fingerprint density at radius 1 is 1.30 bits per heavy atom. The molecule has 2 aromatic rings. The number of rotatable bonds is 1. The summed E-state index contributed by atoms with van der Waals surface area (Å²) in [4.78, 5) is 21.3. The first kappa shape index (κ1) is 14.2. The molecule has 2 heterocycles. The van der Waals surface area contributed by atoms with Crippen molar-refractivity contribution in [1.29, 1.82) is 5.26 Å². The van der Waals surface area contributed by atoms with Crippen LogP contribution in [0.2, 0.25) is 0 Å². The number of nitriles is 1. The Bertz CT molecular complexity index is 788. The van der Waals surface area contributed by atoms with Crippen LogP contribution in [0.1, 0.15) is 32.0 Å². The lowest BCUT2D eigenvalue weighted by atomic mass is 9.91. The molecule has 0 radical (unpaired) electrons. The van der Waals surface area contributed by atoms with E-state index in [1.165, 1.54) is 0 Å². The zero-order valence-corrected chi connectivity index (χ0v) is 12.3. The molecule has 0 saturated carbocycles. The summed E-state index contributed by atoms with van der Waals surface area (Å²) in [5, 5.41) is 9.09. The summed E-state index contributed by atoms with van der Waals surface area (Å²) < 4.78 is 0.184.